The van der Waals surface area contributed by atoms with Gasteiger partial charge in [0.1, 0.15) is 0 Å². The second-order valence-corrected chi connectivity index (χ2v) is 7.53. The summed E-state index contributed by atoms with van der Waals surface area (Å²) < 4.78 is 31.9. The molecule has 1 aromatic rings. The molecule has 0 amide bonds. The Balaban J connectivity index is 1.85. The van der Waals surface area contributed by atoms with Gasteiger partial charge in [-0.1, -0.05) is 24.3 Å². The van der Waals surface area contributed by atoms with E-state index < -0.39 is 10.0 Å². The first-order chi connectivity index (χ1) is 9.39. The molecule has 0 radical (unpaired) electrons. The van der Waals surface area contributed by atoms with Crippen molar-refractivity contribution in [3.8, 4) is 0 Å². The van der Waals surface area contributed by atoms with Gasteiger partial charge in [0.2, 0.25) is 10.0 Å². The molecule has 1 N–H and O–H groups in total. The molecule has 1 fully saturated rings. The Morgan fingerprint density at radius 2 is 2.05 bits per heavy atom. The number of aryl methyl sites for hydroxylation is 1. The molecule has 5 heteroatoms. The highest BCUT2D eigenvalue weighted by Crippen LogP contribution is 2.42. The zero-order valence-electron chi connectivity index (χ0n) is 12.3. The SMILES string of the molecule is Cc1ccccc1[C@@H]1C[C@H]1NS(=O)(=O)CCOC(C)C. The topological polar surface area (TPSA) is 55.4 Å². The summed E-state index contributed by atoms with van der Waals surface area (Å²) >= 11 is 0. The number of benzene rings is 1. The molecule has 1 aromatic carbocycles. The average Bonchev–Trinajstić information content (AvgIpc) is 3.07. The Bertz CT molecular complexity index is 554. The lowest BCUT2D eigenvalue weighted by Gasteiger charge is -2.10. The fourth-order valence-corrected chi connectivity index (χ4v) is 3.51. The van der Waals surface area contributed by atoms with E-state index in [9.17, 15) is 8.42 Å². The molecular weight excluding hydrogens is 274 g/mol. The van der Waals surface area contributed by atoms with Gasteiger partial charge in [-0.3, -0.25) is 0 Å². The van der Waals surface area contributed by atoms with Crippen molar-refractivity contribution >= 4 is 10.0 Å². The third-order valence-electron chi connectivity index (χ3n) is 3.51. The summed E-state index contributed by atoms with van der Waals surface area (Å²) in [4.78, 5) is 0. The van der Waals surface area contributed by atoms with Crippen molar-refractivity contribution in [2.75, 3.05) is 12.4 Å². The quantitative estimate of drug-likeness (QED) is 0.839. The van der Waals surface area contributed by atoms with Crippen LogP contribution in [0.25, 0.3) is 0 Å². The number of hydrogen-bond donors (Lipinski definition) is 1. The van der Waals surface area contributed by atoms with E-state index in [0.717, 1.165) is 6.42 Å². The van der Waals surface area contributed by atoms with E-state index in [1.54, 1.807) is 0 Å². The van der Waals surface area contributed by atoms with Gasteiger partial charge < -0.3 is 4.74 Å². The van der Waals surface area contributed by atoms with Crippen LogP contribution in [-0.4, -0.2) is 32.9 Å². The van der Waals surface area contributed by atoms with Gasteiger partial charge in [0.25, 0.3) is 0 Å². The van der Waals surface area contributed by atoms with Crippen molar-refractivity contribution in [1.29, 1.82) is 0 Å². The van der Waals surface area contributed by atoms with E-state index in [1.807, 2.05) is 26.0 Å². The van der Waals surface area contributed by atoms with Crippen LogP contribution in [0, 0.1) is 6.92 Å². The molecule has 1 aliphatic rings. The first-order valence-corrected chi connectivity index (χ1v) is 8.71. The number of ether oxygens (including phenoxy) is 1. The molecule has 2 atom stereocenters. The van der Waals surface area contributed by atoms with Gasteiger partial charge in [0.15, 0.2) is 0 Å². The van der Waals surface area contributed by atoms with Gasteiger partial charge in [0, 0.05) is 12.0 Å². The van der Waals surface area contributed by atoms with Crippen molar-refractivity contribution in [2.24, 2.45) is 0 Å². The van der Waals surface area contributed by atoms with Gasteiger partial charge in [0.05, 0.1) is 18.5 Å². The van der Waals surface area contributed by atoms with Crippen LogP contribution in [-0.2, 0) is 14.8 Å². The molecule has 1 aliphatic carbocycles. The van der Waals surface area contributed by atoms with E-state index in [-0.39, 0.29) is 24.5 Å². The maximum absolute atomic E-state index is 11.9. The van der Waals surface area contributed by atoms with Crippen LogP contribution < -0.4 is 4.72 Å². The third kappa shape index (κ3) is 4.30. The van der Waals surface area contributed by atoms with Gasteiger partial charge in [-0.15, -0.1) is 0 Å². The number of rotatable bonds is 7. The monoisotopic (exact) mass is 297 g/mol. The minimum Gasteiger partial charge on any atom is -0.378 e. The maximum atomic E-state index is 11.9. The zero-order valence-corrected chi connectivity index (χ0v) is 13.1. The maximum Gasteiger partial charge on any atom is 0.214 e. The van der Waals surface area contributed by atoms with Crippen LogP contribution in [0.15, 0.2) is 24.3 Å². The molecular formula is C15H23NO3S. The molecule has 0 aliphatic heterocycles. The summed E-state index contributed by atoms with van der Waals surface area (Å²) in [5.41, 5.74) is 2.47. The highest BCUT2D eigenvalue weighted by Gasteiger charge is 2.41. The molecule has 4 nitrogen and oxygen atoms in total. The number of sulfonamides is 1. The van der Waals surface area contributed by atoms with Gasteiger partial charge in [-0.2, -0.15) is 0 Å². The molecule has 20 heavy (non-hydrogen) atoms. The average molecular weight is 297 g/mol. The first kappa shape index (κ1) is 15.5. The Labute approximate surface area is 121 Å². The van der Waals surface area contributed by atoms with Crippen LogP contribution in [0.2, 0.25) is 0 Å². The van der Waals surface area contributed by atoms with Crippen molar-refractivity contribution in [3.63, 3.8) is 0 Å². The zero-order chi connectivity index (χ0) is 14.8. The minimum atomic E-state index is -3.24. The lowest BCUT2D eigenvalue weighted by Crippen LogP contribution is -2.31. The largest absolute Gasteiger partial charge is 0.378 e. The summed E-state index contributed by atoms with van der Waals surface area (Å²) in [5, 5.41) is 0. The normalized spacial score (nSPS) is 22.2. The summed E-state index contributed by atoms with van der Waals surface area (Å²) in [5.74, 6) is 0.347. The van der Waals surface area contributed by atoms with E-state index in [0.29, 0.717) is 5.92 Å². The Morgan fingerprint density at radius 1 is 1.35 bits per heavy atom. The van der Waals surface area contributed by atoms with Crippen molar-refractivity contribution in [1.82, 2.24) is 4.72 Å². The lowest BCUT2D eigenvalue weighted by atomic mass is 10.0. The minimum absolute atomic E-state index is 0.0299. The van der Waals surface area contributed by atoms with E-state index in [4.69, 9.17) is 4.74 Å². The van der Waals surface area contributed by atoms with Gasteiger partial charge in [-0.05, 0) is 38.3 Å². The highest BCUT2D eigenvalue weighted by molar-refractivity contribution is 7.89. The summed E-state index contributed by atoms with van der Waals surface area (Å²) in [6.45, 7) is 6.11. The van der Waals surface area contributed by atoms with Crippen LogP contribution >= 0.6 is 0 Å². The van der Waals surface area contributed by atoms with Crippen molar-refractivity contribution in [2.45, 2.75) is 45.3 Å². The first-order valence-electron chi connectivity index (χ1n) is 7.06. The summed E-state index contributed by atoms with van der Waals surface area (Å²) in [6.07, 6.45) is 0.945. The Morgan fingerprint density at radius 3 is 2.70 bits per heavy atom. The van der Waals surface area contributed by atoms with Gasteiger partial charge in [-0.25, -0.2) is 13.1 Å². The summed E-state index contributed by atoms with van der Waals surface area (Å²) in [7, 11) is -3.24. The molecule has 0 bridgehead atoms. The van der Waals surface area contributed by atoms with Crippen LogP contribution in [0.5, 0.6) is 0 Å². The van der Waals surface area contributed by atoms with Crippen molar-refractivity contribution in [3.05, 3.63) is 35.4 Å². The fourth-order valence-electron chi connectivity index (χ4n) is 2.35. The van der Waals surface area contributed by atoms with Gasteiger partial charge >= 0.3 is 0 Å². The lowest BCUT2D eigenvalue weighted by molar-refractivity contribution is 0.0911. The predicted octanol–water partition coefficient (Wildman–Crippen LogP) is 2.20. The van der Waals surface area contributed by atoms with E-state index >= 15 is 0 Å². The van der Waals surface area contributed by atoms with Crippen LogP contribution in [0.4, 0.5) is 0 Å². The van der Waals surface area contributed by atoms with Crippen LogP contribution in [0.1, 0.15) is 37.3 Å². The molecule has 0 heterocycles. The van der Waals surface area contributed by atoms with E-state index in [1.165, 1.54) is 11.1 Å². The van der Waals surface area contributed by atoms with Crippen molar-refractivity contribution < 1.29 is 13.2 Å². The Hall–Kier alpha value is -0.910. The molecule has 1 saturated carbocycles. The number of nitrogens with one attached hydrogen (secondary N) is 1. The molecule has 2 rings (SSSR count). The predicted molar refractivity (Wildman–Crippen MR) is 80.3 cm³/mol. The molecule has 0 unspecified atom stereocenters. The third-order valence-corrected chi connectivity index (χ3v) is 4.88. The standard InChI is InChI=1S/C15H23NO3S/c1-11(2)19-8-9-20(17,18)16-15-10-14(15)13-7-5-4-6-12(13)3/h4-7,11,14-16H,8-10H2,1-3H3/t14-,15+/m0/s1. The molecule has 0 saturated heterocycles. The van der Waals surface area contributed by atoms with Crippen LogP contribution in [0.3, 0.4) is 0 Å². The Kier molecular flexibility index (Phi) is 4.83. The van der Waals surface area contributed by atoms with E-state index in [2.05, 4.69) is 23.8 Å². The second-order valence-electron chi connectivity index (χ2n) is 5.66. The molecule has 112 valence electrons. The fraction of sp³-hybridized carbons (Fsp3) is 0.600. The summed E-state index contributed by atoms with van der Waals surface area (Å²) in [6, 6.07) is 8.19. The molecule has 0 spiro atoms. The molecule has 0 aromatic heterocycles. The smallest absolute Gasteiger partial charge is 0.214 e. The second kappa shape index (κ2) is 6.24. The highest BCUT2D eigenvalue weighted by atomic mass is 32.2. The number of hydrogen-bond acceptors (Lipinski definition) is 3.